The SMILES string of the molecule is C=C(C)CCC(NC)c1cc2c(s1)CCCC2. The summed E-state index contributed by atoms with van der Waals surface area (Å²) in [7, 11) is 2.07. The molecule has 0 spiro atoms. The quantitative estimate of drug-likeness (QED) is 0.770. The Kier molecular flexibility index (Phi) is 4.41. The molecule has 1 heterocycles. The summed E-state index contributed by atoms with van der Waals surface area (Å²) in [5.74, 6) is 0. The fourth-order valence-corrected chi connectivity index (χ4v) is 3.91. The van der Waals surface area contributed by atoms with Crippen LogP contribution in [0.3, 0.4) is 0 Å². The number of nitrogens with one attached hydrogen (secondary N) is 1. The van der Waals surface area contributed by atoms with Gasteiger partial charge < -0.3 is 5.32 Å². The Labute approximate surface area is 109 Å². The lowest BCUT2D eigenvalue weighted by atomic mass is 9.98. The summed E-state index contributed by atoms with van der Waals surface area (Å²) >= 11 is 2.03. The van der Waals surface area contributed by atoms with Crippen LogP contribution in [0.15, 0.2) is 18.2 Å². The molecular weight excluding hydrogens is 226 g/mol. The number of hydrogen-bond donors (Lipinski definition) is 1. The molecule has 1 aliphatic carbocycles. The van der Waals surface area contributed by atoms with E-state index in [2.05, 4.69) is 31.9 Å². The Morgan fingerprint density at radius 3 is 2.88 bits per heavy atom. The van der Waals surface area contributed by atoms with Crippen molar-refractivity contribution in [2.45, 2.75) is 51.5 Å². The number of allylic oxidation sites excluding steroid dienone is 1. The van der Waals surface area contributed by atoms with Gasteiger partial charge in [0.1, 0.15) is 0 Å². The lowest BCUT2D eigenvalue weighted by molar-refractivity contribution is 0.556. The van der Waals surface area contributed by atoms with Crippen LogP contribution in [0.1, 0.15) is 54.0 Å². The summed E-state index contributed by atoms with van der Waals surface area (Å²) in [6, 6.07) is 2.96. The molecule has 0 fully saturated rings. The predicted molar refractivity (Wildman–Crippen MR) is 76.8 cm³/mol. The topological polar surface area (TPSA) is 12.0 Å². The van der Waals surface area contributed by atoms with Gasteiger partial charge in [0.05, 0.1) is 0 Å². The van der Waals surface area contributed by atoms with Gasteiger partial charge in [-0.3, -0.25) is 0 Å². The van der Waals surface area contributed by atoms with Gasteiger partial charge in [0.15, 0.2) is 0 Å². The lowest BCUT2D eigenvalue weighted by Crippen LogP contribution is -2.15. The molecule has 0 saturated heterocycles. The molecule has 0 bridgehead atoms. The van der Waals surface area contributed by atoms with Gasteiger partial charge in [-0.25, -0.2) is 0 Å². The second-order valence-electron chi connectivity index (χ2n) is 5.14. The van der Waals surface area contributed by atoms with Crippen LogP contribution >= 0.6 is 11.3 Å². The summed E-state index contributed by atoms with van der Waals surface area (Å²) in [6.07, 6.45) is 7.64. The minimum absolute atomic E-state index is 0.516. The zero-order chi connectivity index (χ0) is 12.3. The van der Waals surface area contributed by atoms with Crippen LogP contribution in [-0.4, -0.2) is 7.05 Å². The first-order valence-corrected chi connectivity index (χ1v) is 7.45. The number of rotatable bonds is 5. The molecule has 0 radical (unpaired) electrons. The van der Waals surface area contributed by atoms with E-state index in [9.17, 15) is 0 Å². The molecule has 2 rings (SSSR count). The number of fused-ring (bicyclic) bond motifs is 1. The third-order valence-corrected chi connectivity index (χ3v) is 4.92. The van der Waals surface area contributed by atoms with E-state index in [-0.39, 0.29) is 0 Å². The highest BCUT2D eigenvalue weighted by molar-refractivity contribution is 7.12. The molecule has 0 aliphatic heterocycles. The average molecular weight is 249 g/mol. The van der Waals surface area contributed by atoms with Gasteiger partial charge in [-0.15, -0.1) is 17.9 Å². The maximum absolute atomic E-state index is 4.00. The second kappa shape index (κ2) is 5.83. The van der Waals surface area contributed by atoms with Crippen molar-refractivity contribution in [2.24, 2.45) is 0 Å². The minimum Gasteiger partial charge on any atom is -0.312 e. The number of aryl methyl sites for hydroxylation is 2. The Bertz CT molecular complexity index is 368. The van der Waals surface area contributed by atoms with Crippen molar-refractivity contribution < 1.29 is 0 Å². The van der Waals surface area contributed by atoms with Crippen LogP contribution in [0, 0.1) is 0 Å². The highest BCUT2D eigenvalue weighted by atomic mass is 32.1. The van der Waals surface area contributed by atoms with E-state index < -0.39 is 0 Å². The molecular formula is C15H23NS. The Balaban J connectivity index is 2.08. The van der Waals surface area contributed by atoms with Crippen molar-refractivity contribution in [1.82, 2.24) is 5.32 Å². The predicted octanol–water partition coefficient (Wildman–Crippen LogP) is 4.24. The van der Waals surface area contributed by atoms with E-state index in [0.29, 0.717) is 6.04 Å². The van der Waals surface area contributed by atoms with Crippen LogP contribution < -0.4 is 5.32 Å². The fourth-order valence-electron chi connectivity index (χ4n) is 2.50. The maximum Gasteiger partial charge on any atom is 0.0415 e. The standard InChI is InChI=1S/C15H23NS/c1-11(2)8-9-13(16-3)15-10-12-6-4-5-7-14(12)17-15/h10,13,16H,1,4-9H2,2-3H3. The van der Waals surface area contributed by atoms with Crippen LogP contribution in [0.5, 0.6) is 0 Å². The highest BCUT2D eigenvalue weighted by Crippen LogP contribution is 2.34. The minimum atomic E-state index is 0.516. The van der Waals surface area contributed by atoms with E-state index in [4.69, 9.17) is 0 Å². The van der Waals surface area contributed by atoms with Crippen molar-refractivity contribution in [3.63, 3.8) is 0 Å². The number of thiophene rings is 1. The molecule has 1 aromatic rings. The lowest BCUT2D eigenvalue weighted by Gasteiger charge is -2.14. The monoisotopic (exact) mass is 249 g/mol. The van der Waals surface area contributed by atoms with Gasteiger partial charge in [-0.1, -0.05) is 5.57 Å². The van der Waals surface area contributed by atoms with E-state index >= 15 is 0 Å². The molecule has 1 atom stereocenters. The molecule has 94 valence electrons. The zero-order valence-corrected chi connectivity index (χ0v) is 11.8. The van der Waals surface area contributed by atoms with Gasteiger partial charge in [-0.2, -0.15) is 0 Å². The van der Waals surface area contributed by atoms with Gasteiger partial charge in [-0.05, 0) is 64.1 Å². The van der Waals surface area contributed by atoms with Crippen molar-refractivity contribution >= 4 is 11.3 Å². The van der Waals surface area contributed by atoms with Crippen LogP contribution in [0.25, 0.3) is 0 Å². The van der Waals surface area contributed by atoms with Crippen LogP contribution in [0.2, 0.25) is 0 Å². The van der Waals surface area contributed by atoms with E-state index in [1.807, 2.05) is 11.3 Å². The molecule has 1 aromatic heterocycles. The molecule has 1 N–H and O–H groups in total. The third kappa shape index (κ3) is 3.20. The summed E-state index contributed by atoms with van der Waals surface area (Å²) in [4.78, 5) is 3.17. The summed E-state index contributed by atoms with van der Waals surface area (Å²) in [6.45, 7) is 6.11. The first-order chi connectivity index (χ1) is 8.20. The van der Waals surface area contributed by atoms with Crippen LogP contribution in [-0.2, 0) is 12.8 Å². The molecule has 1 aliphatic rings. The first-order valence-electron chi connectivity index (χ1n) is 6.64. The Morgan fingerprint density at radius 1 is 1.47 bits per heavy atom. The van der Waals surface area contributed by atoms with Crippen molar-refractivity contribution in [3.8, 4) is 0 Å². The van der Waals surface area contributed by atoms with E-state index in [1.54, 1.807) is 10.4 Å². The van der Waals surface area contributed by atoms with Crippen LogP contribution in [0.4, 0.5) is 0 Å². The Morgan fingerprint density at radius 2 is 2.24 bits per heavy atom. The second-order valence-corrected chi connectivity index (χ2v) is 6.31. The van der Waals surface area contributed by atoms with Crippen molar-refractivity contribution in [1.29, 1.82) is 0 Å². The molecule has 0 saturated carbocycles. The smallest absolute Gasteiger partial charge is 0.0415 e. The van der Waals surface area contributed by atoms with Crippen molar-refractivity contribution in [3.05, 3.63) is 33.5 Å². The number of hydrogen-bond acceptors (Lipinski definition) is 2. The molecule has 0 aromatic carbocycles. The summed E-state index contributed by atoms with van der Waals surface area (Å²) in [5.41, 5.74) is 2.90. The normalized spacial score (nSPS) is 16.6. The average Bonchev–Trinajstić information content (AvgIpc) is 2.72. The molecule has 17 heavy (non-hydrogen) atoms. The van der Waals surface area contributed by atoms with Gasteiger partial charge in [0.2, 0.25) is 0 Å². The molecule has 0 amide bonds. The summed E-state index contributed by atoms with van der Waals surface area (Å²) < 4.78 is 0. The molecule has 1 nitrogen and oxygen atoms in total. The molecule has 1 unspecified atom stereocenters. The van der Waals surface area contributed by atoms with Gasteiger partial charge >= 0.3 is 0 Å². The largest absolute Gasteiger partial charge is 0.312 e. The van der Waals surface area contributed by atoms with E-state index in [0.717, 1.165) is 6.42 Å². The maximum atomic E-state index is 4.00. The first kappa shape index (κ1) is 12.8. The third-order valence-electron chi connectivity index (χ3n) is 3.57. The van der Waals surface area contributed by atoms with Gasteiger partial charge in [0.25, 0.3) is 0 Å². The zero-order valence-electron chi connectivity index (χ0n) is 11.0. The summed E-state index contributed by atoms with van der Waals surface area (Å²) in [5, 5.41) is 3.45. The van der Waals surface area contributed by atoms with E-state index in [1.165, 1.54) is 42.6 Å². The van der Waals surface area contributed by atoms with Gasteiger partial charge in [0, 0.05) is 15.8 Å². The van der Waals surface area contributed by atoms with Crippen molar-refractivity contribution in [2.75, 3.05) is 7.05 Å². The fraction of sp³-hybridized carbons (Fsp3) is 0.600. The molecule has 2 heteroatoms. The Hall–Kier alpha value is -0.600. The highest BCUT2D eigenvalue weighted by Gasteiger charge is 2.17.